The van der Waals surface area contributed by atoms with E-state index in [1.54, 1.807) is 0 Å². The summed E-state index contributed by atoms with van der Waals surface area (Å²) in [6, 6.07) is 8.92. The molecule has 1 saturated carbocycles. The van der Waals surface area contributed by atoms with Crippen LogP contribution in [-0.2, 0) is 6.42 Å². The van der Waals surface area contributed by atoms with Crippen LogP contribution < -0.4 is 0 Å². The zero-order valence-corrected chi connectivity index (χ0v) is 13.4. The Kier molecular flexibility index (Phi) is 4.77. The Balaban J connectivity index is 1.51. The van der Waals surface area contributed by atoms with Gasteiger partial charge in [0.1, 0.15) is 0 Å². The lowest BCUT2D eigenvalue weighted by molar-refractivity contribution is 0.404. The van der Waals surface area contributed by atoms with Gasteiger partial charge in [-0.25, -0.2) is 0 Å². The standard InChI is InChI=1S/C22H26/c1-3-6-19(4-2)20-12-9-17(10-13-20)7-5-8-21-15-18-11-14-22(21)16-18/h3-4,6,9-14,18,21-22H,1-2,5,7-8,15-16H2/b19-6+. The second-order valence-electron chi connectivity index (χ2n) is 6.69. The Morgan fingerprint density at radius 3 is 2.50 bits per heavy atom. The van der Waals surface area contributed by atoms with Crippen molar-refractivity contribution in [3.8, 4) is 0 Å². The summed E-state index contributed by atoms with van der Waals surface area (Å²) in [5.41, 5.74) is 3.80. The first-order valence-electron chi connectivity index (χ1n) is 8.53. The minimum Gasteiger partial charge on any atom is -0.0990 e. The van der Waals surface area contributed by atoms with Gasteiger partial charge in [-0.15, -0.1) is 0 Å². The van der Waals surface area contributed by atoms with Crippen LogP contribution in [0.25, 0.3) is 5.57 Å². The second kappa shape index (κ2) is 6.96. The molecule has 22 heavy (non-hydrogen) atoms. The molecule has 0 saturated heterocycles. The maximum Gasteiger partial charge on any atom is -0.0184 e. The van der Waals surface area contributed by atoms with Gasteiger partial charge in [-0.3, -0.25) is 0 Å². The summed E-state index contributed by atoms with van der Waals surface area (Å²) < 4.78 is 0. The highest BCUT2D eigenvalue weighted by atomic mass is 14.4. The van der Waals surface area contributed by atoms with Crippen LogP contribution in [0.3, 0.4) is 0 Å². The van der Waals surface area contributed by atoms with Gasteiger partial charge < -0.3 is 0 Å². The van der Waals surface area contributed by atoms with Crippen LogP contribution in [0.4, 0.5) is 0 Å². The first-order valence-corrected chi connectivity index (χ1v) is 8.53. The summed E-state index contributed by atoms with van der Waals surface area (Å²) in [4.78, 5) is 0. The number of fused-ring (bicyclic) bond motifs is 2. The zero-order valence-electron chi connectivity index (χ0n) is 13.4. The summed E-state index contributed by atoms with van der Waals surface area (Å²) >= 11 is 0. The molecule has 0 aliphatic heterocycles. The molecule has 3 rings (SSSR count). The van der Waals surface area contributed by atoms with Gasteiger partial charge >= 0.3 is 0 Å². The largest absolute Gasteiger partial charge is 0.0990 e. The van der Waals surface area contributed by atoms with E-state index in [-0.39, 0.29) is 0 Å². The third-order valence-corrected chi connectivity index (χ3v) is 5.26. The molecule has 2 aliphatic rings. The van der Waals surface area contributed by atoms with Gasteiger partial charge in [-0.2, -0.15) is 0 Å². The maximum absolute atomic E-state index is 3.87. The minimum atomic E-state index is 0.895. The molecular weight excluding hydrogens is 264 g/mol. The smallest absolute Gasteiger partial charge is 0.0184 e. The molecule has 114 valence electrons. The third kappa shape index (κ3) is 3.32. The number of hydrogen-bond acceptors (Lipinski definition) is 0. The fourth-order valence-electron chi connectivity index (χ4n) is 4.07. The number of hydrogen-bond donors (Lipinski definition) is 0. The van der Waals surface area contributed by atoms with E-state index in [9.17, 15) is 0 Å². The molecular formula is C22H26. The van der Waals surface area contributed by atoms with E-state index in [0.29, 0.717) is 0 Å². The van der Waals surface area contributed by atoms with Crippen molar-refractivity contribution in [2.45, 2.75) is 32.1 Å². The van der Waals surface area contributed by atoms with E-state index < -0.39 is 0 Å². The second-order valence-corrected chi connectivity index (χ2v) is 6.69. The van der Waals surface area contributed by atoms with Crippen molar-refractivity contribution in [1.29, 1.82) is 0 Å². The number of benzene rings is 1. The normalized spacial score (nSPS) is 26.4. The van der Waals surface area contributed by atoms with Crippen LogP contribution in [-0.4, -0.2) is 0 Å². The Morgan fingerprint density at radius 1 is 1.09 bits per heavy atom. The quantitative estimate of drug-likeness (QED) is 0.428. The van der Waals surface area contributed by atoms with E-state index in [2.05, 4.69) is 49.6 Å². The lowest BCUT2D eigenvalue weighted by Gasteiger charge is -2.17. The van der Waals surface area contributed by atoms with Crippen LogP contribution in [0.15, 0.2) is 67.8 Å². The van der Waals surface area contributed by atoms with Crippen molar-refractivity contribution in [3.63, 3.8) is 0 Å². The van der Waals surface area contributed by atoms with Crippen LogP contribution in [0.5, 0.6) is 0 Å². The third-order valence-electron chi connectivity index (χ3n) is 5.26. The predicted molar refractivity (Wildman–Crippen MR) is 96.6 cm³/mol. The lowest BCUT2D eigenvalue weighted by Crippen LogP contribution is -2.07. The SMILES string of the molecule is C=C/C=C(\C=C)c1ccc(CCCC2CC3C=CC2C3)cc1. The summed E-state index contributed by atoms with van der Waals surface area (Å²) in [6.07, 6.45) is 17.4. The molecule has 2 aliphatic carbocycles. The van der Waals surface area contributed by atoms with Crippen molar-refractivity contribution < 1.29 is 0 Å². The summed E-state index contributed by atoms with van der Waals surface area (Å²) in [7, 11) is 0. The fraction of sp³-hybridized carbons (Fsp3) is 0.364. The average Bonchev–Trinajstić information content (AvgIpc) is 3.16. The van der Waals surface area contributed by atoms with Gasteiger partial charge in [0.25, 0.3) is 0 Å². The molecule has 0 aromatic heterocycles. The van der Waals surface area contributed by atoms with Gasteiger partial charge in [-0.05, 0) is 66.6 Å². The summed E-state index contributed by atoms with van der Waals surface area (Å²) in [5.74, 6) is 2.76. The Hall–Kier alpha value is -1.82. The van der Waals surface area contributed by atoms with Crippen LogP contribution in [0.2, 0.25) is 0 Å². The summed E-state index contributed by atoms with van der Waals surface area (Å²) in [5, 5.41) is 0. The van der Waals surface area contributed by atoms with Crippen molar-refractivity contribution in [3.05, 3.63) is 78.9 Å². The Bertz CT molecular complexity index is 585. The number of aryl methyl sites for hydroxylation is 1. The maximum atomic E-state index is 3.87. The van der Waals surface area contributed by atoms with Crippen LogP contribution >= 0.6 is 0 Å². The topological polar surface area (TPSA) is 0 Å². The average molecular weight is 290 g/mol. The molecule has 3 atom stereocenters. The van der Waals surface area contributed by atoms with Crippen LogP contribution in [0.1, 0.15) is 36.8 Å². The van der Waals surface area contributed by atoms with E-state index in [4.69, 9.17) is 0 Å². The van der Waals surface area contributed by atoms with Gasteiger partial charge in [0.15, 0.2) is 0 Å². The highest BCUT2D eigenvalue weighted by Gasteiger charge is 2.34. The molecule has 1 aromatic rings. The van der Waals surface area contributed by atoms with Gasteiger partial charge in [-0.1, -0.05) is 67.8 Å². The molecule has 0 heterocycles. The zero-order chi connectivity index (χ0) is 15.4. The Labute approximate surface area is 135 Å². The van der Waals surface area contributed by atoms with Gasteiger partial charge in [0, 0.05) is 0 Å². The summed E-state index contributed by atoms with van der Waals surface area (Å²) in [6.45, 7) is 7.63. The monoisotopic (exact) mass is 290 g/mol. The van der Waals surface area contributed by atoms with Gasteiger partial charge in [0.05, 0.1) is 0 Å². The van der Waals surface area contributed by atoms with E-state index >= 15 is 0 Å². The van der Waals surface area contributed by atoms with Crippen molar-refractivity contribution in [2.24, 2.45) is 17.8 Å². The molecule has 0 nitrogen and oxygen atoms in total. The first-order chi connectivity index (χ1) is 10.8. The van der Waals surface area contributed by atoms with Crippen molar-refractivity contribution in [1.82, 2.24) is 0 Å². The van der Waals surface area contributed by atoms with Crippen molar-refractivity contribution in [2.75, 3.05) is 0 Å². The van der Waals surface area contributed by atoms with E-state index in [1.807, 2.05) is 18.2 Å². The molecule has 1 fully saturated rings. The molecule has 0 amide bonds. The molecule has 0 heteroatoms. The van der Waals surface area contributed by atoms with E-state index in [1.165, 1.54) is 43.2 Å². The lowest BCUT2D eigenvalue weighted by atomic mass is 9.88. The van der Waals surface area contributed by atoms with Crippen molar-refractivity contribution >= 4 is 5.57 Å². The first kappa shape index (κ1) is 15.1. The number of allylic oxidation sites excluding steroid dienone is 6. The predicted octanol–water partition coefficient (Wildman–Crippen LogP) is 5.98. The Morgan fingerprint density at radius 2 is 1.91 bits per heavy atom. The molecule has 0 spiro atoms. The molecule has 3 unspecified atom stereocenters. The highest BCUT2D eigenvalue weighted by molar-refractivity contribution is 5.74. The number of rotatable bonds is 7. The fourth-order valence-corrected chi connectivity index (χ4v) is 4.07. The molecule has 2 bridgehead atoms. The molecule has 1 aromatic carbocycles. The van der Waals surface area contributed by atoms with Crippen LogP contribution in [0, 0.1) is 17.8 Å². The van der Waals surface area contributed by atoms with E-state index in [0.717, 1.165) is 23.3 Å². The molecule has 0 N–H and O–H groups in total. The minimum absolute atomic E-state index is 0.895. The van der Waals surface area contributed by atoms with Gasteiger partial charge in [0.2, 0.25) is 0 Å². The molecule has 0 radical (unpaired) electrons. The highest BCUT2D eigenvalue weighted by Crippen LogP contribution is 2.45.